The number of carbonyl (C=O) groups excluding carboxylic acids is 1. The molecule has 1 fully saturated rings. The highest BCUT2D eigenvalue weighted by Gasteiger charge is 2.23. The molecule has 16 heavy (non-hydrogen) atoms. The summed E-state index contributed by atoms with van der Waals surface area (Å²) in [4.78, 5) is 16.2. The van der Waals surface area contributed by atoms with E-state index in [-0.39, 0.29) is 0 Å². The van der Waals surface area contributed by atoms with E-state index in [0.717, 1.165) is 38.9 Å². The van der Waals surface area contributed by atoms with Crippen LogP contribution in [0.15, 0.2) is 0 Å². The molecular weight excluding hydrogens is 202 g/mol. The highest BCUT2D eigenvalue weighted by molar-refractivity contribution is 5.76. The Kier molecular flexibility index (Phi) is 5.77. The summed E-state index contributed by atoms with van der Waals surface area (Å²) in [5.41, 5.74) is 0. The van der Waals surface area contributed by atoms with E-state index in [1.54, 1.807) is 0 Å². The van der Waals surface area contributed by atoms with Crippen molar-refractivity contribution in [2.45, 2.75) is 31.7 Å². The van der Waals surface area contributed by atoms with Crippen molar-refractivity contribution in [1.82, 2.24) is 15.1 Å². The number of amides is 1. The summed E-state index contributed by atoms with van der Waals surface area (Å²) in [6.45, 7) is 3.14. The normalized spacial score (nSPS) is 18.7. The van der Waals surface area contributed by atoms with Crippen molar-refractivity contribution in [3.05, 3.63) is 0 Å². The van der Waals surface area contributed by atoms with Crippen molar-refractivity contribution in [2.75, 3.05) is 40.8 Å². The second-order valence-corrected chi connectivity index (χ2v) is 4.75. The van der Waals surface area contributed by atoms with Crippen molar-refractivity contribution < 1.29 is 4.79 Å². The number of carbonyl (C=O) groups is 1. The summed E-state index contributed by atoms with van der Waals surface area (Å²) in [6, 6.07) is 0.457. The van der Waals surface area contributed by atoms with Crippen LogP contribution in [-0.4, -0.2) is 62.5 Å². The molecule has 0 bridgehead atoms. The van der Waals surface area contributed by atoms with Gasteiger partial charge >= 0.3 is 0 Å². The van der Waals surface area contributed by atoms with Crippen molar-refractivity contribution in [3.8, 4) is 0 Å². The van der Waals surface area contributed by atoms with Gasteiger partial charge in [0.05, 0.1) is 0 Å². The molecule has 1 amide bonds. The molecule has 1 N–H and O–H groups in total. The third-order valence-electron chi connectivity index (χ3n) is 3.45. The number of nitrogens with zero attached hydrogens (tertiary/aromatic N) is 2. The zero-order valence-corrected chi connectivity index (χ0v) is 10.8. The van der Waals surface area contributed by atoms with Gasteiger partial charge in [0.25, 0.3) is 0 Å². The Bertz CT molecular complexity index is 212. The molecule has 0 aromatic carbocycles. The quantitative estimate of drug-likeness (QED) is 0.696. The summed E-state index contributed by atoms with van der Waals surface area (Å²) in [5.74, 6) is 0.296. The molecule has 4 nitrogen and oxygen atoms in total. The lowest BCUT2D eigenvalue weighted by Crippen LogP contribution is -2.44. The van der Waals surface area contributed by atoms with Crippen LogP contribution < -0.4 is 5.32 Å². The number of hydrogen-bond acceptors (Lipinski definition) is 3. The number of hydrogen-bond donors (Lipinski definition) is 1. The van der Waals surface area contributed by atoms with Crippen LogP contribution >= 0.6 is 0 Å². The van der Waals surface area contributed by atoms with Gasteiger partial charge in [-0.15, -0.1) is 0 Å². The van der Waals surface area contributed by atoms with Crippen molar-refractivity contribution >= 4 is 5.91 Å². The van der Waals surface area contributed by atoms with Gasteiger partial charge in [-0.3, -0.25) is 4.79 Å². The van der Waals surface area contributed by atoms with Gasteiger partial charge in [-0.1, -0.05) is 0 Å². The van der Waals surface area contributed by atoms with Crippen LogP contribution in [0.4, 0.5) is 0 Å². The van der Waals surface area contributed by atoms with Crippen LogP contribution in [0.1, 0.15) is 25.7 Å². The van der Waals surface area contributed by atoms with E-state index in [9.17, 15) is 4.79 Å². The van der Waals surface area contributed by atoms with Crippen molar-refractivity contribution in [2.24, 2.45) is 0 Å². The minimum absolute atomic E-state index is 0.296. The highest BCUT2D eigenvalue weighted by atomic mass is 16.2. The summed E-state index contributed by atoms with van der Waals surface area (Å²) in [5, 5.41) is 3.07. The van der Waals surface area contributed by atoms with E-state index < -0.39 is 0 Å². The molecule has 1 rings (SSSR count). The van der Waals surface area contributed by atoms with Crippen LogP contribution in [0.5, 0.6) is 0 Å². The van der Waals surface area contributed by atoms with Gasteiger partial charge in [-0.25, -0.2) is 0 Å². The predicted octanol–water partition coefficient (Wildman–Crippen LogP) is 0.539. The molecule has 0 unspecified atom stereocenters. The van der Waals surface area contributed by atoms with Gasteiger partial charge in [0.15, 0.2) is 0 Å². The van der Waals surface area contributed by atoms with Gasteiger partial charge < -0.3 is 15.1 Å². The molecule has 1 aliphatic rings. The molecule has 1 aliphatic heterocycles. The third-order valence-corrected chi connectivity index (χ3v) is 3.45. The predicted molar refractivity (Wildman–Crippen MR) is 66.4 cm³/mol. The first-order valence-corrected chi connectivity index (χ1v) is 6.24. The number of rotatable bonds is 5. The minimum Gasteiger partial charge on any atom is -0.343 e. The molecule has 0 atom stereocenters. The molecule has 0 aliphatic carbocycles. The van der Waals surface area contributed by atoms with Crippen molar-refractivity contribution in [1.29, 1.82) is 0 Å². The second-order valence-electron chi connectivity index (χ2n) is 4.75. The standard InChI is InChI=1S/C12H25N3O/c1-13-8-4-5-12(16)15(3)11-6-9-14(2)10-7-11/h11,13H,4-10H2,1-3H3. The molecule has 94 valence electrons. The molecule has 4 heteroatoms. The lowest BCUT2D eigenvalue weighted by molar-refractivity contribution is -0.132. The van der Waals surface area contributed by atoms with E-state index in [1.165, 1.54) is 0 Å². The van der Waals surface area contributed by atoms with Crippen molar-refractivity contribution in [3.63, 3.8) is 0 Å². The molecule has 0 spiro atoms. The number of piperidine rings is 1. The number of nitrogens with one attached hydrogen (secondary N) is 1. The third kappa shape index (κ3) is 4.10. The Morgan fingerprint density at radius 2 is 2.06 bits per heavy atom. The molecule has 1 heterocycles. The lowest BCUT2D eigenvalue weighted by Gasteiger charge is -2.35. The molecule has 0 aromatic rings. The Morgan fingerprint density at radius 3 is 2.62 bits per heavy atom. The summed E-state index contributed by atoms with van der Waals surface area (Å²) in [6.07, 6.45) is 3.84. The van der Waals surface area contributed by atoms with E-state index in [1.807, 2.05) is 19.0 Å². The Morgan fingerprint density at radius 1 is 1.44 bits per heavy atom. The average molecular weight is 227 g/mol. The first kappa shape index (κ1) is 13.5. The Labute approximate surface area is 99.0 Å². The Balaban J connectivity index is 2.27. The van der Waals surface area contributed by atoms with E-state index in [0.29, 0.717) is 18.4 Å². The molecular formula is C12H25N3O. The van der Waals surface area contributed by atoms with Gasteiger partial charge in [-0.05, 0) is 53.0 Å². The molecule has 0 aromatic heterocycles. The van der Waals surface area contributed by atoms with Crippen LogP contribution in [0.2, 0.25) is 0 Å². The summed E-state index contributed by atoms with van der Waals surface area (Å²) in [7, 11) is 6.02. The van der Waals surface area contributed by atoms with E-state index >= 15 is 0 Å². The topological polar surface area (TPSA) is 35.6 Å². The first-order valence-electron chi connectivity index (χ1n) is 6.24. The first-order chi connectivity index (χ1) is 7.65. The van der Waals surface area contributed by atoms with Crippen LogP contribution in [0.3, 0.4) is 0 Å². The fourth-order valence-electron chi connectivity index (χ4n) is 2.18. The fraction of sp³-hybridized carbons (Fsp3) is 0.917. The summed E-state index contributed by atoms with van der Waals surface area (Å²) >= 11 is 0. The SMILES string of the molecule is CNCCCC(=O)N(C)C1CCN(C)CC1. The van der Waals surface area contributed by atoms with Crippen LogP contribution in [0.25, 0.3) is 0 Å². The molecule has 0 radical (unpaired) electrons. The fourth-order valence-corrected chi connectivity index (χ4v) is 2.18. The highest BCUT2D eigenvalue weighted by Crippen LogP contribution is 2.15. The van der Waals surface area contributed by atoms with Gasteiger partial charge in [0.1, 0.15) is 0 Å². The summed E-state index contributed by atoms with van der Waals surface area (Å²) < 4.78 is 0. The smallest absolute Gasteiger partial charge is 0.222 e. The maximum absolute atomic E-state index is 11.9. The second kappa shape index (κ2) is 6.86. The van der Waals surface area contributed by atoms with Crippen LogP contribution in [0, 0.1) is 0 Å². The molecule has 0 saturated carbocycles. The van der Waals surface area contributed by atoms with E-state index in [4.69, 9.17) is 0 Å². The van der Waals surface area contributed by atoms with E-state index in [2.05, 4.69) is 17.3 Å². The number of likely N-dealkylation sites (tertiary alicyclic amines) is 1. The minimum atomic E-state index is 0.296. The van der Waals surface area contributed by atoms with Gasteiger partial charge in [0, 0.05) is 19.5 Å². The molecule has 1 saturated heterocycles. The maximum atomic E-state index is 11.9. The zero-order valence-electron chi connectivity index (χ0n) is 10.8. The van der Waals surface area contributed by atoms with Crippen LogP contribution in [-0.2, 0) is 4.79 Å². The lowest BCUT2D eigenvalue weighted by atomic mass is 10.0. The largest absolute Gasteiger partial charge is 0.343 e. The monoisotopic (exact) mass is 227 g/mol. The van der Waals surface area contributed by atoms with Gasteiger partial charge in [-0.2, -0.15) is 0 Å². The average Bonchev–Trinajstić information content (AvgIpc) is 2.29. The Hall–Kier alpha value is -0.610. The zero-order chi connectivity index (χ0) is 12.0. The van der Waals surface area contributed by atoms with Gasteiger partial charge in [0.2, 0.25) is 5.91 Å². The maximum Gasteiger partial charge on any atom is 0.222 e.